The fourth-order valence-corrected chi connectivity index (χ4v) is 3.07. The van der Waals surface area contributed by atoms with Crippen LogP contribution in [-0.4, -0.2) is 10.9 Å². The van der Waals surface area contributed by atoms with E-state index in [-0.39, 0.29) is 5.91 Å². The molecule has 4 heteroatoms. The van der Waals surface area contributed by atoms with E-state index >= 15 is 0 Å². The van der Waals surface area contributed by atoms with Gasteiger partial charge in [-0.2, -0.15) is 0 Å². The van der Waals surface area contributed by atoms with E-state index in [1.807, 2.05) is 48.8 Å². The number of aromatic nitrogens is 2. The minimum atomic E-state index is -0.0952. The van der Waals surface area contributed by atoms with Gasteiger partial charge in [-0.1, -0.05) is 36.4 Å². The Labute approximate surface area is 152 Å². The van der Waals surface area contributed by atoms with Gasteiger partial charge in [0.2, 0.25) is 0 Å². The third kappa shape index (κ3) is 3.49. The number of para-hydroxylation sites is 1. The highest BCUT2D eigenvalue weighted by Crippen LogP contribution is 2.18. The molecule has 0 saturated heterocycles. The molecule has 4 nitrogen and oxygen atoms in total. The monoisotopic (exact) mass is 342 g/mol. The van der Waals surface area contributed by atoms with Gasteiger partial charge in [-0.15, -0.1) is 0 Å². The highest BCUT2D eigenvalue weighted by molar-refractivity contribution is 6.04. The van der Waals surface area contributed by atoms with E-state index in [1.165, 1.54) is 16.5 Å². The summed E-state index contributed by atoms with van der Waals surface area (Å²) in [4.78, 5) is 15.5. The van der Waals surface area contributed by atoms with Crippen molar-refractivity contribution in [3.05, 3.63) is 96.4 Å². The van der Waals surface area contributed by atoms with E-state index in [9.17, 15) is 4.79 Å². The molecule has 0 bridgehead atoms. The minimum absolute atomic E-state index is 0.0952. The van der Waals surface area contributed by atoms with Crippen LogP contribution in [0.2, 0.25) is 0 Å². The van der Waals surface area contributed by atoms with Crippen LogP contribution in [0.3, 0.4) is 0 Å². The van der Waals surface area contributed by atoms with Crippen molar-refractivity contribution in [1.82, 2.24) is 4.98 Å². The maximum absolute atomic E-state index is 12.2. The number of amides is 1. The SMILES string of the molecule is O=C(Nc1cc[n+](CCc2c[nH]c3ccccc23)cc1)c1ccccc1. The molecule has 0 radical (unpaired) electrons. The number of hydrogen-bond acceptors (Lipinski definition) is 1. The summed E-state index contributed by atoms with van der Waals surface area (Å²) in [6, 6.07) is 21.4. The van der Waals surface area contributed by atoms with Crippen molar-refractivity contribution in [3.63, 3.8) is 0 Å². The Kier molecular flexibility index (Phi) is 4.48. The largest absolute Gasteiger partial charge is 0.361 e. The molecule has 0 aliphatic heterocycles. The standard InChI is InChI=1S/C22H19N3O/c26-22(17-6-2-1-3-7-17)24-19-11-14-25(15-12-19)13-10-18-16-23-21-9-5-4-8-20(18)21/h1-9,11-12,14-16,23H,10,13H2/p+1. The quantitative estimate of drug-likeness (QED) is 0.530. The summed E-state index contributed by atoms with van der Waals surface area (Å²) in [7, 11) is 0. The van der Waals surface area contributed by atoms with Crippen LogP contribution >= 0.6 is 0 Å². The van der Waals surface area contributed by atoms with E-state index in [2.05, 4.69) is 39.3 Å². The van der Waals surface area contributed by atoms with Gasteiger partial charge in [0.25, 0.3) is 5.91 Å². The number of nitrogens with one attached hydrogen (secondary N) is 2. The van der Waals surface area contributed by atoms with Crippen LogP contribution in [0.1, 0.15) is 15.9 Å². The zero-order valence-electron chi connectivity index (χ0n) is 14.4. The van der Waals surface area contributed by atoms with E-state index in [1.54, 1.807) is 12.1 Å². The number of hydrogen-bond donors (Lipinski definition) is 2. The molecule has 0 saturated carbocycles. The first-order chi connectivity index (χ1) is 12.8. The van der Waals surface area contributed by atoms with Crippen LogP contribution in [0.25, 0.3) is 10.9 Å². The molecule has 0 aliphatic rings. The summed E-state index contributed by atoms with van der Waals surface area (Å²) >= 11 is 0. The van der Waals surface area contributed by atoms with Crippen LogP contribution < -0.4 is 9.88 Å². The van der Waals surface area contributed by atoms with Crippen LogP contribution in [0.5, 0.6) is 0 Å². The topological polar surface area (TPSA) is 48.8 Å². The normalized spacial score (nSPS) is 10.8. The van der Waals surface area contributed by atoms with Gasteiger partial charge in [0, 0.05) is 41.2 Å². The fourth-order valence-electron chi connectivity index (χ4n) is 3.07. The highest BCUT2D eigenvalue weighted by Gasteiger charge is 2.08. The number of anilines is 1. The predicted octanol–water partition coefficient (Wildman–Crippen LogP) is 3.95. The number of aryl methyl sites for hydroxylation is 2. The summed E-state index contributed by atoms with van der Waals surface area (Å²) in [5, 5.41) is 4.20. The highest BCUT2D eigenvalue weighted by atomic mass is 16.1. The van der Waals surface area contributed by atoms with Crippen molar-refractivity contribution < 1.29 is 9.36 Å². The van der Waals surface area contributed by atoms with E-state index < -0.39 is 0 Å². The summed E-state index contributed by atoms with van der Waals surface area (Å²) in [5.41, 5.74) is 3.94. The molecule has 2 heterocycles. The predicted molar refractivity (Wildman–Crippen MR) is 103 cm³/mol. The van der Waals surface area contributed by atoms with Crippen molar-refractivity contribution in [1.29, 1.82) is 0 Å². The summed E-state index contributed by atoms with van der Waals surface area (Å²) in [6.45, 7) is 0.884. The number of pyridine rings is 1. The van der Waals surface area contributed by atoms with Crippen molar-refractivity contribution in [2.24, 2.45) is 0 Å². The Bertz CT molecular complexity index is 1020. The molecule has 0 atom stereocenters. The summed E-state index contributed by atoms with van der Waals surface area (Å²) in [5.74, 6) is -0.0952. The molecular weight excluding hydrogens is 322 g/mol. The molecule has 0 spiro atoms. The molecular formula is C22H20N3O+. The first-order valence-corrected chi connectivity index (χ1v) is 8.70. The lowest BCUT2D eigenvalue weighted by Crippen LogP contribution is -2.33. The number of rotatable bonds is 5. The fraction of sp³-hybridized carbons (Fsp3) is 0.0909. The van der Waals surface area contributed by atoms with Gasteiger partial charge in [0.15, 0.2) is 18.9 Å². The lowest BCUT2D eigenvalue weighted by Gasteiger charge is -2.04. The number of fused-ring (bicyclic) bond motifs is 1. The zero-order chi connectivity index (χ0) is 17.8. The van der Waals surface area contributed by atoms with E-state index in [0.29, 0.717) is 5.56 Å². The van der Waals surface area contributed by atoms with Crippen molar-refractivity contribution in [2.45, 2.75) is 13.0 Å². The Balaban J connectivity index is 1.39. The summed E-state index contributed by atoms with van der Waals surface area (Å²) in [6.07, 6.45) is 7.02. The second-order valence-corrected chi connectivity index (χ2v) is 6.25. The van der Waals surface area contributed by atoms with Crippen molar-refractivity contribution >= 4 is 22.5 Å². The zero-order valence-corrected chi connectivity index (χ0v) is 14.4. The minimum Gasteiger partial charge on any atom is -0.361 e. The Morgan fingerprint density at radius 2 is 1.65 bits per heavy atom. The van der Waals surface area contributed by atoms with E-state index in [4.69, 9.17) is 0 Å². The van der Waals surface area contributed by atoms with Crippen LogP contribution in [0.15, 0.2) is 85.3 Å². The molecule has 4 rings (SSSR count). The second-order valence-electron chi connectivity index (χ2n) is 6.25. The van der Waals surface area contributed by atoms with Gasteiger partial charge in [0.1, 0.15) is 0 Å². The van der Waals surface area contributed by atoms with Gasteiger partial charge < -0.3 is 10.3 Å². The Morgan fingerprint density at radius 3 is 2.46 bits per heavy atom. The molecule has 0 aliphatic carbocycles. The van der Waals surface area contributed by atoms with Gasteiger partial charge in [-0.3, -0.25) is 4.79 Å². The van der Waals surface area contributed by atoms with Crippen LogP contribution in [0.4, 0.5) is 5.69 Å². The Morgan fingerprint density at radius 1 is 0.923 bits per heavy atom. The first kappa shape index (κ1) is 16.1. The number of carbonyl (C=O) groups is 1. The number of H-pyrrole nitrogens is 1. The maximum atomic E-state index is 12.2. The third-order valence-electron chi connectivity index (χ3n) is 4.50. The molecule has 4 aromatic rings. The van der Waals surface area contributed by atoms with Crippen molar-refractivity contribution in [2.75, 3.05) is 5.32 Å². The van der Waals surface area contributed by atoms with Gasteiger partial charge in [0.05, 0.1) is 5.69 Å². The third-order valence-corrected chi connectivity index (χ3v) is 4.50. The van der Waals surface area contributed by atoms with Crippen LogP contribution in [-0.2, 0) is 13.0 Å². The lowest BCUT2D eigenvalue weighted by molar-refractivity contribution is -0.696. The number of carbonyl (C=O) groups excluding carboxylic acids is 1. The molecule has 26 heavy (non-hydrogen) atoms. The first-order valence-electron chi connectivity index (χ1n) is 8.70. The van der Waals surface area contributed by atoms with Gasteiger partial charge in [-0.05, 0) is 23.8 Å². The van der Waals surface area contributed by atoms with Gasteiger partial charge in [-0.25, -0.2) is 4.57 Å². The Hall–Kier alpha value is -3.40. The molecule has 0 unspecified atom stereocenters. The molecule has 0 fully saturated rings. The van der Waals surface area contributed by atoms with Crippen molar-refractivity contribution in [3.8, 4) is 0 Å². The maximum Gasteiger partial charge on any atom is 0.255 e. The molecule has 2 N–H and O–H groups in total. The molecule has 128 valence electrons. The summed E-state index contributed by atoms with van der Waals surface area (Å²) < 4.78 is 2.12. The van der Waals surface area contributed by atoms with Crippen LogP contribution in [0, 0.1) is 0 Å². The molecule has 2 aromatic carbocycles. The number of aromatic amines is 1. The number of benzene rings is 2. The molecule has 1 amide bonds. The van der Waals surface area contributed by atoms with Gasteiger partial charge >= 0.3 is 0 Å². The second kappa shape index (κ2) is 7.23. The lowest BCUT2D eigenvalue weighted by atomic mass is 10.1. The average Bonchev–Trinajstić information content (AvgIpc) is 3.11. The average molecular weight is 342 g/mol. The van der Waals surface area contributed by atoms with E-state index in [0.717, 1.165) is 18.7 Å². The number of nitrogens with zero attached hydrogens (tertiary/aromatic N) is 1. The molecule has 2 aromatic heterocycles. The smallest absolute Gasteiger partial charge is 0.255 e.